The van der Waals surface area contributed by atoms with Crippen molar-refractivity contribution < 1.29 is 57.7 Å². The molecule has 0 spiro atoms. The molecule has 0 radical (unpaired) electrons. The third-order valence-corrected chi connectivity index (χ3v) is 17.6. The average molecular weight is 856 g/mol. The summed E-state index contributed by atoms with van der Waals surface area (Å²) in [5.74, 6) is 0.479. The van der Waals surface area contributed by atoms with Crippen molar-refractivity contribution in [3.05, 3.63) is 109 Å². The van der Waals surface area contributed by atoms with Gasteiger partial charge in [-0.05, 0) is 0 Å². The average Bonchev–Trinajstić information content (AvgIpc) is 3.36. The maximum atomic E-state index is 2.66. The Morgan fingerprint density at radius 3 is 0.800 bits per heavy atom. The molecule has 5 heteroatoms. The van der Waals surface area contributed by atoms with Gasteiger partial charge in [-0.1, -0.05) is 0 Å². The molecular weight excluding hydrogens is 783 g/mol. The van der Waals surface area contributed by atoms with Gasteiger partial charge in [0.25, 0.3) is 0 Å². The fourth-order valence-electron chi connectivity index (χ4n) is 7.61. The van der Waals surface area contributed by atoms with Crippen LogP contribution in [-0.2, 0) is 52.9 Å². The van der Waals surface area contributed by atoms with Crippen molar-refractivity contribution in [2.45, 2.75) is 177 Å². The van der Waals surface area contributed by atoms with E-state index in [9.17, 15) is 0 Å². The minimum Gasteiger partial charge on any atom is -1.00 e. The molecular formula is C50H73Cl3SiTi. The van der Waals surface area contributed by atoms with Crippen molar-refractivity contribution in [3.63, 3.8) is 0 Å². The van der Waals surface area contributed by atoms with E-state index in [1.807, 2.05) is 0 Å². The van der Waals surface area contributed by atoms with Crippen molar-refractivity contribution in [1.82, 2.24) is 0 Å². The Morgan fingerprint density at radius 1 is 0.418 bits per heavy atom. The minimum atomic E-state index is -2.98. The summed E-state index contributed by atoms with van der Waals surface area (Å²) in [7, 11) is -2.98. The molecule has 0 N–H and O–H groups in total. The molecule has 4 rings (SSSR count). The Hall–Kier alpha value is -1.06. The Bertz CT molecular complexity index is 1610. The van der Waals surface area contributed by atoms with Gasteiger partial charge in [-0.2, -0.15) is 0 Å². The maximum Gasteiger partial charge on any atom is -1.00 e. The number of allylic oxidation sites excluding steroid dienone is 4. The van der Waals surface area contributed by atoms with E-state index in [1.54, 1.807) is 5.20 Å². The van der Waals surface area contributed by atoms with E-state index in [1.165, 1.54) is 58.4 Å². The molecule has 0 atom stereocenters. The van der Waals surface area contributed by atoms with Crippen molar-refractivity contribution in [2.24, 2.45) is 5.92 Å². The van der Waals surface area contributed by atoms with E-state index in [2.05, 4.69) is 220 Å². The van der Waals surface area contributed by atoms with Crippen LogP contribution in [0.5, 0.6) is 0 Å². The molecule has 0 bridgehead atoms. The zero-order chi connectivity index (χ0) is 39.8. The van der Waals surface area contributed by atoms with E-state index in [0.717, 1.165) is 6.42 Å². The van der Waals surface area contributed by atoms with Crippen molar-refractivity contribution in [1.29, 1.82) is 0 Å². The minimum absolute atomic E-state index is 0. The summed E-state index contributed by atoms with van der Waals surface area (Å²) in [6, 6.07) is 23.5. The number of hydrogen-bond acceptors (Lipinski definition) is 0. The second-order valence-electron chi connectivity index (χ2n) is 22.5. The van der Waals surface area contributed by atoms with Crippen LogP contribution in [0.1, 0.15) is 178 Å². The Balaban J connectivity index is 0.00000504. The first-order valence-electron chi connectivity index (χ1n) is 19.9. The van der Waals surface area contributed by atoms with Gasteiger partial charge in [0.15, 0.2) is 0 Å². The van der Waals surface area contributed by atoms with Crippen LogP contribution in [-0.4, -0.2) is 8.07 Å². The van der Waals surface area contributed by atoms with Crippen molar-refractivity contribution in [3.8, 4) is 0 Å². The monoisotopic (exact) mass is 854 g/mol. The predicted molar refractivity (Wildman–Crippen MR) is 231 cm³/mol. The molecule has 302 valence electrons. The molecule has 1 aliphatic rings. The summed E-state index contributed by atoms with van der Waals surface area (Å²) in [6.07, 6.45) is 3.59. The van der Waals surface area contributed by atoms with E-state index < -0.39 is 8.07 Å². The first kappa shape index (κ1) is 52.0. The summed E-state index contributed by atoms with van der Waals surface area (Å²) >= 11 is 2.46. The van der Waals surface area contributed by atoms with Crippen molar-refractivity contribution in [2.75, 3.05) is 0 Å². The summed E-state index contributed by atoms with van der Waals surface area (Å²) in [5.41, 5.74) is 10.2. The standard InChI is InChI=1S/C50H73Si.3ClH.Ti/c1-33(2)34-21-22-41(23-34)51(42-27-35(45(3,4)5)24-36(28-42)46(6,7)8,43-29-37(47(9,10)11)25-38(30-43)48(12,13)14)44-31-39(49(15,16)17)26-40(32-44)50(18,19)20;;;;/h21,24-33H,22H2,1-20H3;3*1H;/q;;;;+3/p-3. The SMILES string of the molecule is CC(C)C1=CCC([Si](c2cc(C(C)(C)C)cc(C(C)(C)C)c2)(c2cc(C(C)(C)C)cc(C(C)(C)C)c2)c2cc(C(C)(C)C)cc(C(C)(C)C)c2)=[C]1[Ti+3].[Cl-].[Cl-].[Cl-]. The van der Waals surface area contributed by atoms with Crippen LogP contribution < -0.4 is 52.8 Å². The number of benzene rings is 3. The van der Waals surface area contributed by atoms with Gasteiger partial charge in [-0.25, -0.2) is 0 Å². The fourth-order valence-corrected chi connectivity index (χ4v) is 14.5. The largest absolute Gasteiger partial charge is 1.00 e. The van der Waals surface area contributed by atoms with E-state index >= 15 is 0 Å². The molecule has 0 saturated heterocycles. The quantitative estimate of drug-likeness (QED) is 0.274. The molecule has 0 nitrogen and oxygen atoms in total. The molecule has 0 saturated carbocycles. The van der Waals surface area contributed by atoms with Gasteiger partial charge in [0, 0.05) is 0 Å². The first-order valence-corrected chi connectivity index (χ1v) is 22.7. The van der Waals surface area contributed by atoms with Gasteiger partial charge in [-0.3, -0.25) is 0 Å². The summed E-state index contributed by atoms with van der Waals surface area (Å²) in [4.78, 5) is 0. The van der Waals surface area contributed by atoms with E-state index in [-0.39, 0.29) is 69.7 Å². The molecule has 0 unspecified atom stereocenters. The zero-order valence-electron chi connectivity index (χ0n) is 38.2. The second kappa shape index (κ2) is 17.3. The van der Waals surface area contributed by atoms with E-state index in [0.29, 0.717) is 5.92 Å². The third-order valence-electron chi connectivity index (χ3n) is 11.5. The van der Waals surface area contributed by atoms with Gasteiger partial charge in [0.05, 0.1) is 0 Å². The molecule has 3 aromatic carbocycles. The number of rotatable bonds is 5. The van der Waals surface area contributed by atoms with Gasteiger partial charge in [-0.15, -0.1) is 0 Å². The maximum absolute atomic E-state index is 2.98. The van der Waals surface area contributed by atoms with Crippen LogP contribution in [0.2, 0.25) is 0 Å². The molecule has 3 aromatic rings. The smallest absolute Gasteiger partial charge is 1.00 e. The van der Waals surface area contributed by atoms with Crippen molar-refractivity contribution >= 4 is 23.6 Å². The topological polar surface area (TPSA) is 0 Å². The van der Waals surface area contributed by atoms with Crippen LogP contribution >= 0.6 is 0 Å². The molecule has 0 aromatic heterocycles. The molecule has 0 amide bonds. The Kier molecular flexibility index (Phi) is 16.3. The molecule has 0 aliphatic heterocycles. The van der Waals surface area contributed by atoms with Gasteiger partial charge < -0.3 is 37.2 Å². The van der Waals surface area contributed by atoms with Gasteiger partial charge in [0.2, 0.25) is 0 Å². The Labute approximate surface area is 370 Å². The summed E-state index contributed by atoms with van der Waals surface area (Å²) < 4.78 is 1.53. The zero-order valence-corrected chi connectivity index (χ0v) is 43.0. The normalized spacial score (nSPS) is 14.7. The molecule has 55 heavy (non-hydrogen) atoms. The first-order chi connectivity index (χ1) is 23.3. The second-order valence-corrected chi connectivity index (χ2v) is 27.1. The molecule has 0 fully saturated rings. The molecule has 0 heterocycles. The van der Waals surface area contributed by atoms with E-state index in [4.69, 9.17) is 0 Å². The molecule has 1 aliphatic carbocycles. The van der Waals surface area contributed by atoms with Gasteiger partial charge in [0.1, 0.15) is 0 Å². The fraction of sp³-hybridized carbons (Fsp3) is 0.560. The third kappa shape index (κ3) is 11.0. The predicted octanol–water partition coefficient (Wildman–Crippen LogP) is 3.28. The Morgan fingerprint density at radius 2 is 0.636 bits per heavy atom. The number of halogens is 3. The van der Waals surface area contributed by atoms with Crippen LogP contribution in [0, 0.1) is 5.92 Å². The summed E-state index contributed by atoms with van der Waals surface area (Å²) in [5, 5.41) is 6.28. The van der Waals surface area contributed by atoms with Crippen LogP contribution in [0.4, 0.5) is 0 Å². The summed E-state index contributed by atoms with van der Waals surface area (Å²) in [6.45, 7) is 48.0. The number of hydrogen-bond donors (Lipinski definition) is 0. The van der Waals surface area contributed by atoms with Crippen LogP contribution in [0.25, 0.3) is 0 Å². The van der Waals surface area contributed by atoms with Crippen LogP contribution in [0.3, 0.4) is 0 Å². The van der Waals surface area contributed by atoms with Crippen LogP contribution in [0.15, 0.2) is 75.3 Å². The van der Waals surface area contributed by atoms with Gasteiger partial charge >= 0.3 is 336 Å².